The second kappa shape index (κ2) is 9.40. The highest BCUT2D eigenvalue weighted by Crippen LogP contribution is 2.27. The Morgan fingerprint density at radius 1 is 1.15 bits per heavy atom. The van der Waals surface area contributed by atoms with E-state index in [1.165, 1.54) is 26.2 Å². The molecular weight excluding hydrogens is 430 g/mol. The van der Waals surface area contributed by atoms with Crippen molar-refractivity contribution in [3.8, 4) is 5.75 Å². The summed E-state index contributed by atoms with van der Waals surface area (Å²) in [5.74, 6) is -1.46. The van der Waals surface area contributed by atoms with Crippen LogP contribution in [0.4, 0.5) is 14.5 Å². The first-order valence-corrected chi connectivity index (χ1v) is 10.6. The van der Waals surface area contributed by atoms with Gasteiger partial charge in [0.25, 0.3) is 0 Å². The van der Waals surface area contributed by atoms with Gasteiger partial charge in [0.2, 0.25) is 11.8 Å². The Morgan fingerprint density at radius 3 is 2.61 bits per heavy atom. The molecule has 0 unspecified atom stereocenters. The van der Waals surface area contributed by atoms with Crippen LogP contribution in [0.2, 0.25) is 0 Å². The summed E-state index contributed by atoms with van der Waals surface area (Å²) < 4.78 is 33.2. The summed E-state index contributed by atoms with van der Waals surface area (Å²) in [6, 6.07) is 7.30. The van der Waals surface area contributed by atoms with Crippen molar-refractivity contribution in [2.45, 2.75) is 19.8 Å². The highest BCUT2D eigenvalue weighted by Gasteiger charge is 2.26. The molecule has 1 aliphatic heterocycles. The quantitative estimate of drug-likeness (QED) is 0.605. The maximum atomic E-state index is 14.6. The summed E-state index contributed by atoms with van der Waals surface area (Å²) in [4.78, 5) is 25.9. The Hall–Kier alpha value is -3.75. The normalized spacial score (nSPS) is 14.7. The van der Waals surface area contributed by atoms with Crippen molar-refractivity contribution in [2.24, 2.45) is 5.92 Å². The number of methoxy groups -OCH3 is 1. The highest BCUT2D eigenvalue weighted by molar-refractivity contribution is 5.97. The standard InChI is InChI=1S/C24H24F2N4O3/c1-14(31)30-9-7-16(8-10-30)24(32)27-22-12-17-20(28-29-21(17)13-19(22)26)6-4-15-3-5-18(25)23(11-15)33-2/h3-6,11-13,16H,7-10H2,1-2H3,(H,27,32)(H,28,29)/b6-4+. The lowest BCUT2D eigenvalue weighted by Crippen LogP contribution is -2.40. The van der Waals surface area contributed by atoms with Gasteiger partial charge in [0, 0.05) is 37.4 Å². The van der Waals surface area contributed by atoms with Crippen LogP contribution in [0.25, 0.3) is 23.1 Å². The van der Waals surface area contributed by atoms with Gasteiger partial charge in [-0.25, -0.2) is 8.78 Å². The van der Waals surface area contributed by atoms with Gasteiger partial charge >= 0.3 is 0 Å². The zero-order valence-corrected chi connectivity index (χ0v) is 18.3. The fraction of sp³-hybridized carbons (Fsp3) is 0.292. The summed E-state index contributed by atoms with van der Waals surface area (Å²) in [5, 5.41) is 10.3. The molecule has 0 bridgehead atoms. The number of aromatic amines is 1. The summed E-state index contributed by atoms with van der Waals surface area (Å²) in [5.41, 5.74) is 1.80. The van der Waals surface area contributed by atoms with Crippen LogP contribution in [-0.4, -0.2) is 47.1 Å². The number of anilines is 1. The smallest absolute Gasteiger partial charge is 0.227 e. The Morgan fingerprint density at radius 2 is 1.91 bits per heavy atom. The number of aromatic nitrogens is 2. The van der Waals surface area contributed by atoms with Crippen molar-refractivity contribution < 1.29 is 23.1 Å². The van der Waals surface area contributed by atoms with Gasteiger partial charge in [-0.1, -0.05) is 12.1 Å². The molecule has 0 saturated carbocycles. The number of likely N-dealkylation sites (tertiary alicyclic amines) is 1. The van der Waals surface area contributed by atoms with Crippen LogP contribution in [-0.2, 0) is 9.59 Å². The van der Waals surface area contributed by atoms with Gasteiger partial charge in [-0.2, -0.15) is 5.10 Å². The average Bonchev–Trinajstić information content (AvgIpc) is 3.20. The lowest BCUT2D eigenvalue weighted by Gasteiger charge is -2.30. The molecule has 3 aromatic rings. The van der Waals surface area contributed by atoms with Gasteiger partial charge < -0.3 is 15.0 Å². The van der Waals surface area contributed by atoms with Gasteiger partial charge in [-0.15, -0.1) is 0 Å². The Bertz CT molecular complexity index is 1230. The van der Waals surface area contributed by atoms with Gasteiger partial charge in [-0.05, 0) is 42.7 Å². The number of ether oxygens (including phenoxy) is 1. The van der Waals surface area contributed by atoms with E-state index in [-0.39, 0.29) is 29.2 Å². The van der Waals surface area contributed by atoms with Crippen LogP contribution >= 0.6 is 0 Å². The van der Waals surface area contributed by atoms with E-state index in [1.54, 1.807) is 35.3 Å². The molecule has 1 saturated heterocycles. The summed E-state index contributed by atoms with van der Waals surface area (Å²) in [6.45, 7) is 2.54. The predicted octanol–water partition coefficient (Wildman–Crippen LogP) is 4.22. The minimum atomic E-state index is -0.570. The molecule has 2 aromatic carbocycles. The first kappa shape index (κ1) is 22.4. The second-order valence-corrected chi connectivity index (χ2v) is 7.98. The van der Waals surface area contributed by atoms with Crippen LogP contribution in [0.5, 0.6) is 5.75 Å². The van der Waals surface area contributed by atoms with E-state index in [0.29, 0.717) is 48.1 Å². The zero-order valence-electron chi connectivity index (χ0n) is 18.3. The summed E-state index contributed by atoms with van der Waals surface area (Å²) >= 11 is 0. The SMILES string of the molecule is COc1cc(/C=C/c2n[nH]c3cc(F)c(NC(=O)C4CCN(C(C)=O)CC4)cc23)ccc1F. The lowest BCUT2D eigenvalue weighted by atomic mass is 9.95. The van der Waals surface area contributed by atoms with Gasteiger partial charge in [0.15, 0.2) is 11.6 Å². The minimum absolute atomic E-state index is 0.00928. The number of H-pyrrole nitrogens is 1. The van der Waals surface area contributed by atoms with E-state index < -0.39 is 11.6 Å². The molecule has 0 atom stereocenters. The van der Waals surface area contributed by atoms with Crippen molar-refractivity contribution in [1.29, 1.82) is 0 Å². The summed E-state index contributed by atoms with van der Waals surface area (Å²) in [7, 11) is 1.39. The number of carbonyl (C=O) groups excluding carboxylic acids is 2. The first-order chi connectivity index (χ1) is 15.9. The van der Waals surface area contributed by atoms with Crippen LogP contribution in [0, 0.1) is 17.6 Å². The predicted molar refractivity (Wildman–Crippen MR) is 122 cm³/mol. The van der Waals surface area contributed by atoms with Crippen molar-refractivity contribution in [1.82, 2.24) is 15.1 Å². The number of nitrogens with one attached hydrogen (secondary N) is 2. The van der Waals surface area contributed by atoms with Crippen LogP contribution in [0.15, 0.2) is 30.3 Å². The van der Waals surface area contributed by atoms with Crippen molar-refractivity contribution >= 4 is 40.6 Å². The molecule has 1 aliphatic rings. The number of hydrogen-bond acceptors (Lipinski definition) is 4. The van der Waals surface area contributed by atoms with E-state index >= 15 is 0 Å². The Kier molecular flexibility index (Phi) is 6.39. The minimum Gasteiger partial charge on any atom is -0.494 e. The van der Waals surface area contributed by atoms with E-state index in [9.17, 15) is 18.4 Å². The highest BCUT2D eigenvalue weighted by atomic mass is 19.1. The molecular formula is C24H24F2N4O3. The van der Waals surface area contributed by atoms with E-state index in [1.807, 2.05) is 0 Å². The number of nitrogens with zero attached hydrogens (tertiary/aromatic N) is 2. The molecule has 0 aliphatic carbocycles. The van der Waals surface area contributed by atoms with Gasteiger partial charge in [0.05, 0.1) is 24.0 Å². The number of carbonyl (C=O) groups is 2. The fourth-order valence-electron chi connectivity index (χ4n) is 3.93. The monoisotopic (exact) mass is 454 g/mol. The van der Waals surface area contributed by atoms with Crippen molar-refractivity contribution in [3.63, 3.8) is 0 Å². The molecule has 0 spiro atoms. The summed E-state index contributed by atoms with van der Waals surface area (Å²) in [6.07, 6.45) is 4.53. The molecule has 1 fully saturated rings. The first-order valence-electron chi connectivity index (χ1n) is 10.6. The van der Waals surface area contributed by atoms with Crippen LogP contribution < -0.4 is 10.1 Å². The zero-order chi connectivity index (χ0) is 23.5. The fourth-order valence-corrected chi connectivity index (χ4v) is 3.93. The molecule has 4 rings (SSSR count). The lowest BCUT2D eigenvalue weighted by molar-refractivity contribution is -0.132. The molecule has 2 heterocycles. The van der Waals surface area contributed by atoms with E-state index in [2.05, 4.69) is 15.5 Å². The van der Waals surface area contributed by atoms with Crippen molar-refractivity contribution in [3.05, 3.63) is 53.2 Å². The Balaban J connectivity index is 1.52. The third kappa shape index (κ3) is 4.87. The van der Waals surface area contributed by atoms with Crippen LogP contribution in [0.3, 0.4) is 0 Å². The number of hydrogen-bond donors (Lipinski definition) is 2. The number of benzene rings is 2. The molecule has 9 heteroatoms. The third-order valence-electron chi connectivity index (χ3n) is 5.86. The number of amides is 2. The molecule has 172 valence electrons. The molecule has 1 aromatic heterocycles. The molecule has 0 radical (unpaired) electrons. The van der Waals surface area contributed by atoms with Gasteiger partial charge in [0.1, 0.15) is 5.82 Å². The second-order valence-electron chi connectivity index (χ2n) is 7.98. The molecule has 7 nitrogen and oxygen atoms in total. The number of rotatable bonds is 5. The van der Waals surface area contributed by atoms with Crippen LogP contribution in [0.1, 0.15) is 31.0 Å². The molecule has 2 N–H and O–H groups in total. The van der Waals surface area contributed by atoms with Gasteiger partial charge in [-0.3, -0.25) is 14.7 Å². The maximum absolute atomic E-state index is 14.6. The number of halogens is 2. The molecule has 2 amide bonds. The number of piperidine rings is 1. The van der Waals surface area contributed by atoms with Crippen molar-refractivity contribution in [2.75, 3.05) is 25.5 Å². The Labute approximate surface area is 189 Å². The third-order valence-corrected chi connectivity index (χ3v) is 5.86. The largest absolute Gasteiger partial charge is 0.494 e. The number of fused-ring (bicyclic) bond motifs is 1. The van der Waals surface area contributed by atoms with E-state index in [4.69, 9.17) is 4.74 Å². The topological polar surface area (TPSA) is 87.3 Å². The molecule has 33 heavy (non-hydrogen) atoms. The van der Waals surface area contributed by atoms with E-state index in [0.717, 1.165) is 0 Å². The average molecular weight is 454 g/mol. The maximum Gasteiger partial charge on any atom is 0.227 e.